The number of rotatable bonds is 2. The average molecular weight is 275 g/mol. The third-order valence-electron chi connectivity index (χ3n) is 1.49. The fourth-order valence-electron chi connectivity index (χ4n) is 0.871. The van der Waals surface area contributed by atoms with Gasteiger partial charge in [0, 0.05) is 10.7 Å². The Morgan fingerprint density at radius 3 is 2.86 bits per heavy atom. The van der Waals surface area contributed by atoms with Crippen LogP contribution in [0.1, 0.15) is 11.6 Å². The van der Waals surface area contributed by atoms with Gasteiger partial charge in [-0.05, 0) is 22.0 Å². The lowest BCUT2D eigenvalue weighted by atomic mass is 10.1. The minimum Gasteiger partial charge on any atom is -0.480 e. The molecule has 0 saturated carbocycles. The fraction of sp³-hybridized carbons (Fsp3) is 0.125. The van der Waals surface area contributed by atoms with Crippen molar-refractivity contribution in [1.82, 2.24) is 4.98 Å². The summed E-state index contributed by atoms with van der Waals surface area (Å²) >= 11 is 8.87. The van der Waals surface area contributed by atoms with Crippen molar-refractivity contribution in [1.29, 1.82) is 5.26 Å². The Balaban J connectivity index is 3.19. The largest absolute Gasteiger partial charge is 0.480 e. The number of nitrogens with zero attached hydrogens (tertiary/aromatic N) is 2. The highest BCUT2D eigenvalue weighted by Crippen LogP contribution is 2.25. The van der Waals surface area contributed by atoms with Gasteiger partial charge in [0.15, 0.2) is 5.92 Å². The van der Waals surface area contributed by atoms with Crippen LogP contribution in [0.5, 0.6) is 0 Å². The molecule has 0 spiro atoms. The predicted octanol–water partition coefficient (Wildman–Crippen LogP) is 2.19. The summed E-state index contributed by atoms with van der Waals surface area (Å²) < 4.78 is 0.633. The number of hydrogen-bond acceptors (Lipinski definition) is 3. The van der Waals surface area contributed by atoms with E-state index in [1.54, 1.807) is 6.07 Å². The zero-order valence-corrected chi connectivity index (χ0v) is 9.08. The number of pyridine rings is 1. The molecule has 0 aliphatic heterocycles. The summed E-state index contributed by atoms with van der Waals surface area (Å²) in [6.07, 6.45) is 1.40. The smallest absolute Gasteiger partial charge is 0.327 e. The second-order valence-electron chi connectivity index (χ2n) is 2.42. The molecule has 0 amide bonds. The highest BCUT2D eigenvalue weighted by molar-refractivity contribution is 9.10. The van der Waals surface area contributed by atoms with Gasteiger partial charge in [-0.25, -0.2) is 0 Å². The van der Waals surface area contributed by atoms with Crippen molar-refractivity contribution in [3.63, 3.8) is 0 Å². The molecule has 1 N–H and O–H groups in total. The summed E-state index contributed by atoms with van der Waals surface area (Å²) in [6, 6.07) is 3.11. The Morgan fingerprint density at radius 2 is 2.43 bits per heavy atom. The second-order valence-corrected chi connectivity index (χ2v) is 3.74. The third kappa shape index (κ3) is 2.22. The number of carboxylic acids is 1. The molecule has 4 nitrogen and oxygen atoms in total. The SMILES string of the molecule is N#CC(C(=O)O)c1ncc(Br)cc1Cl. The molecule has 0 aromatic carbocycles. The van der Waals surface area contributed by atoms with Gasteiger partial charge in [0.25, 0.3) is 0 Å². The highest BCUT2D eigenvalue weighted by Gasteiger charge is 2.23. The molecule has 1 heterocycles. The molecule has 1 atom stereocenters. The summed E-state index contributed by atoms with van der Waals surface area (Å²) in [5, 5.41) is 17.5. The Bertz CT molecular complexity index is 416. The summed E-state index contributed by atoms with van der Waals surface area (Å²) in [7, 11) is 0. The molecule has 0 saturated heterocycles. The number of aromatic nitrogens is 1. The fourth-order valence-corrected chi connectivity index (χ4v) is 1.61. The maximum atomic E-state index is 10.6. The molecule has 0 aliphatic rings. The van der Waals surface area contributed by atoms with Crippen molar-refractivity contribution in [3.05, 3.63) is 27.5 Å². The first-order valence-electron chi connectivity index (χ1n) is 3.49. The van der Waals surface area contributed by atoms with Crippen molar-refractivity contribution in [3.8, 4) is 6.07 Å². The lowest BCUT2D eigenvalue weighted by Gasteiger charge is -2.05. The first-order valence-corrected chi connectivity index (χ1v) is 4.66. The molecule has 6 heteroatoms. The zero-order chi connectivity index (χ0) is 10.7. The van der Waals surface area contributed by atoms with Crippen LogP contribution in [0, 0.1) is 11.3 Å². The number of carbonyl (C=O) groups is 1. The number of hydrogen-bond donors (Lipinski definition) is 1. The van der Waals surface area contributed by atoms with Gasteiger partial charge in [0.05, 0.1) is 16.8 Å². The zero-order valence-electron chi connectivity index (χ0n) is 6.74. The van der Waals surface area contributed by atoms with Gasteiger partial charge in [0.2, 0.25) is 0 Å². The van der Waals surface area contributed by atoms with Crippen LogP contribution in [0.2, 0.25) is 5.02 Å². The van der Waals surface area contributed by atoms with Crippen LogP contribution in [0.3, 0.4) is 0 Å². The molecular weight excluding hydrogens is 271 g/mol. The van der Waals surface area contributed by atoms with E-state index in [-0.39, 0.29) is 10.7 Å². The van der Waals surface area contributed by atoms with Crippen molar-refractivity contribution in [2.75, 3.05) is 0 Å². The van der Waals surface area contributed by atoms with Gasteiger partial charge < -0.3 is 5.11 Å². The van der Waals surface area contributed by atoms with E-state index in [0.717, 1.165) is 0 Å². The van der Waals surface area contributed by atoms with E-state index >= 15 is 0 Å². The average Bonchev–Trinajstić information content (AvgIpc) is 2.09. The van der Waals surface area contributed by atoms with Crippen LogP contribution in [0.15, 0.2) is 16.7 Å². The van der Waals surface area contributed by atoms with Crippen LogP contribution in [0.4, 0.5) is 0 Å². The van der Waals surface area contributed by atoms with Crippen LogP contribution >= 0.6 is 27.5 Å². The van der Waals surface area contributed by atoms with Gasteiger partial charge in [-0.15, -0.1) is 0 Å². The minimum atomic E-state index is -1.32. The van der Waals surface area contributed by atoms with Gasteiger partial charge in [-0.3, -0.25) is 9.78 Å². The van der Waals surface area contributed by atoms with E-state index in [2.05, 4.69) is 20.9 Å². The van der Waals surface area contributed by atoms with Crippen molar-refractivity contribution >= 4 is 33.5 Å². The number of aliphatic carboxylic acids is 1. The number of nitriles is 1. The van der Waals surface area contributed by atoms with Gasteiger partial charge in [0.1, 0.15) is 0 Å². The summed E-state index contributed by atoms with van der Waals surface area (Å²) in [5.41, 5.74) is 0.0601. The van der Waals surface area contributed by atoms with Crippen molar-refractivity contribution < 1.29 is 9.90 Å². The molecule has 1 rings (SSSR count). The molecule has 1 aromatic heterocycles. The van der Waals surface area contributed by atoms with E-state index in [0.29, 0.717) is 4.47 Å². The van der Waals surface area contributed by atoms with Gasteiger partial charge in [-0.2, -0.15) is 5.26 Å². The van der Waals surface area contributed by atoms with Gasteiger partial charge in [-0.1, -0.05) is 11.6 Å². The van der Waals surface area contributed by atoms with Crippen LogP contribution < -0.4 is 0 Å². The van der Waals surface area contributed by atoms with Crippen molar-refractivity contribution in [2.24, 2.45) is 0 Å². The monoisotopic (exact) mass is 274 g/mol. The lowest BCUT2D eigenvalue weighted by Crippen LogP contribution is -2.11. The first kappa shape index (κ1) is 11.0. The van der Waals surface area contributed by atoms with Crippen LogP contribution in [-0.4, -0.2) is 16.1 Å². The molecule has 1 aromatic rings. The molecule has 0 aliphatic carbocycles. The van der Waals surface area contributed by atoms with E-state index < -0.39 is 11.9 Å². The van der Waals surface area contributed by atoms with Gasteiger partial charge >= 0.3 is 5.97 Å². The second kappa shape index (κ2) is 4.40. The van der Waals surface area contributed by atoms with E-state index in [1.807, 2.05) is 0 Å². The molecule has 0 bridgehead atoms. The summed E-state index contributed by atoms with van der Waals surface area (Å²) in [4.78, 5) is 14.4. The predicted molar refractivity (Wildman–Crippen MR) is 52.9 cm³/mol. The standard InChI is InChI=1S/C8H4BrClN2O2/c9-4-1-6(10)7(12-3-4)5(2-11)8(13)14/h1,3,5H,(H,13,14). The van der Waals surface area contributed by atoms with Crippen LogP contribution in [-0.2, 0) is 4.79 Å². The third-order valence-corrected chi connectivity index (χ3v) is 2.22. The Hall–Kier alpha value is -1.12. The highest BCUT2D eigenvalue weighted by atomic mass is 79.9. The number of carboxylic acid groups (broad SMARTS) is 1. The Morgan fingerprint density at radius 1 is 1.79 bits per heavy atom. The minimum absolute atomic E-state index is 0.0601. The van der Waals surface area contributed by atoms with E-state index in [1.165, 1.54) is 12.3 Å². The first-order chi connectivity index (χ1) is 6.56. The Kier molecular flexibility index (Phi) is 3.44. The van der Waals surface area contributed by atoms with Crippen LogP contribution in [0.25, 0.3) is 0 Å². The molecule has 0 fully saturated rings. The maximum Gasteiger partial charge on any atom is 0.327 e. The molecular formula is C8H4BrClN2O2. The van der Waals surface area contributed by atoms with E-state index in [9.17, 15) is 4.79 Å². The molecule has 1 unspecified atom stereocenters. The van der Waals surface area contributed by atoms with Crippen molar-refractivity contribution in [2.45, 2.75) is 5.92 Å². The summed E-state index contributed by atoms with van der Waals surface area (Å²) in [5.74, 6) is -2.58. The topological polar surface area (TPSA) is 74.0 Å². The summed E-state index contributed by atoms with van der Waals surface area (Å²) in [6.45, 7) is 0. The molecule has 72 valence electrons. The lowest BCUT2D eigenvalue weighted by molar-refractivity contribution is -0.137. The molecule has 14 heavy (non-hydrogen) atoms. The molecule has 0 radical (unpaired) electrons. The quantitative estimate of drug-likeness (QED) is 0.898. The van der Waals surface area contributed by atoms with E-state index in [4.69, 9.17) is 22.0 Å². The Labute approximate surface area is 93.3 Å². The normalized spacial score (nSPS) is 11.8. The maximum absolute atomic E-state index is 10.6. The number of halogens is 2.